The van der Waals surface area contributed by atoms with Crippen LogP contribution in [0.4, 0.5) is 0 Å². The molecule has 0 radical (unpaired) electrons. The Hall–Kier alpha value is -1.96. The van der Waals surface area contributed by atoms with Crippen molar-refractivity contribution in [3.63, 3.8) is 0 Å². The molecule has 1 heterocycles. The number of hydrogen-bond acceptors (Lipinski definition) is 5. The molecule has 2 rings (SSSR count). The number of aliphatic hydroxyl groups is 1. The van der Waals surface area contributed by atoms with Crippen LogP contribution in [0.1, 0.15) is 38.1 Å². The molecule has 1 aromatic heterocycles. The van der Waals surface area contributed by atoms with Crippen molar-refractivity contribution in [3.05, 3.63) is 45.8 Å². The van der Waals surface area contributed by atoms with Crippen LogP contribution in [0.5, 0.6) is 5.75 Å². The molecule has 0 fully saturated rings. The van der Waals surface area contributed by atoms with Crippen molar-refractivity contribution in [1.82, 2.24) is 15.8 Å². The van der Waals surface area contributed by atoms with Crippen LogP contribution in [0.3, 0.4) is 0 Å². The summed E-state index contributed by atoms with van der Waals surface area (Å²) in [5.41, 5.74) is 0.899. The van der Waals surface area contributed by atoms with Crippen molar-refractivity contribution >= 4 is 29.2 Å². The fourth-order valence-electron chi connectivity index (χ4n) is 2.23. The van der Waals surface area contributed by atoms with E-state index in [1.54, 1.807) is 18.2 Å². The zero-order valence-corrected chi connectivity index (χ0v) is 17.7. The van der Waals surface area contributed by atoms with Crippen LogP contribution in [0.25, 0.3) is 0 Å². The molecule has 1 aromatic carbocycles. The molecule has 0 amide bonds. The minimum atomic E-state index is -0.767. The number of aliphatic imine (C=N–C) groups is 1. The standard InChI is InChI=1S/C19H26Cl2N4O3/c1-4-22-19(24-10-14-8-16(12(2)3)25-28-14)23-9-13(26)11-27-17-7-5-6-15(20)18(17)21/h5-8,12-13,26H,4,9-11H2,1-3H3,(H2,22,23,24). The van der Waals surface area contributed by atoms with Gasteiger partial charge in [-0.05, 0) is 25.0 Å². The Morgan fingerprint density at radius 1 is 1.32 bits per heavy atom. The molecule has 2 aromatic rings. The summed E-state index contributed by atoms with van der Waals surface area (Å²) >= 11 is 12.0. The number of rotatable bonds is 9. The first-order valence-corrected chi connectivity index (χ1v) is 9.88. The lowest BCUT2D eigenvalue weighted by atomic mass is 10.1. The van der Waals surface area contributed by atoms with E-state index in [2.05, 4.69) is 34.6 Å². The molecule has 9 heteroatoms. The molecule has 0 bridgehead atoms. The highest BCUT2D eigenvalue weighted by Gasteiger charge is 2.11. The monoisotopic (exact) mass is 428 g/mol. The molecule has 154 valence electrons. The highest BCUT2D eigenvalue weighted by atomic mass is 35.5. The van der Waals surface area contributed by atoms with E-state index < -0.39 is 6.10 Å². The van der Waals surface area contributed by atoms with Crippen LogP contribution >= 0.6 is 23.2 Å². The minimum Gasteiger partial charge on any atom is -0.489 e. The number of nitrogens with one attached hydrogen (secondary N) is 2. The molecular weight excluding hydrogens is 403 g/mol. The molecule has 0 saturated carbocycles. The molecule has 1 atom stereocenters. The lowest BCUT2D eigenvalue weighted by Crippen LogP contribution is -2.42. The fraction of sp³-hybridized carbons (Fsp3) is 0.474. The van der Waals surface area contributed by atoms with Gasteiger partial charge in [-0.3, -0.25) is 0 Å². The average molecular weight is 429 g/mol. The Morgan fingerprint density at radius 3 is 2.79 bits per heavy atom. The summed E-state index contributed by atoms with van der Waals surface area (Å²) in [7, 11) is 0. The van der Waals surface area contributed by atoms with Crippen LogP contribution < -0.4 is 15.4 Å². The largest absolute Gasteiger partial charge is 0.489 e. The van der Waals surface area contributed by atoms with Gasteiger partial charge in [0, 0.05) is 19.2 Å². The summed E-state index contributed by atoms with van der Waals surface area (Å²) < 4.78 is 10.8. The number of benzene rings is 1. The number of aliphatic hydroxyl groups excluding tert-OH is 1. The summed E-state index contributed by atoms with van der Waals surface area (Å²) in [6.07, 6.45) is -0.767. The van der Waals surface area contributed by atoms with Crippen molar-refractivity contribution in [2.75, 3.05) is 19.7 Å². The van der Waals surface area contributed by atoms with Gasteiger partial charge >= 0.3 is 0 Å². The molecular formula is C19H26Cl2N4O3. The van der Waals surface area contributed by atoms with Crippen LogP contribution in [0.15, 0.2) is 33.8 Å². The second-order valence-corrected chi connectivity index (χ2v) is 7.25. The summed E-state index contributed by atoms with van der Waals surface area (Å²) in [6, 6.07) is 7.00. The first kappa shape index (κ1) is 22.3. The molecule has 0 aliphatic heterocycles. The van der Waals surface area contributed by atoms with Crippen LogP contribution in [0.2, 0.25) is 10.0 Å². The van der Waals surface area contributed by atoms with Gasteiger partial charge in [0.1, 0.15) is 30.0 Å². The second kappa shape index (κ2) is 11.1. The zero-order valence-electron chi connectivity index (χ0n) is 16.2. The first-order valence-electron chi connectivity index (χ1n) is 9.13. The number of hydrogen-bond donors (Lipinski definition) is 3. The van der Waals surface area contributed by atoms with Gasteiger partial charge in [-0.2, -0.15) is 0 Å². The van der Waals surface area contributed by atoms with E-state index in [4.69, 9.17) is 32.5 Å². The van der Waals surface area contributed by atoms with Crippen LogP contribution in [-0.4, -0.2) is 42.0 Å². The summed E-state index contributed by atoms with van der Waals surface area (Å²) in [6.45, 7) is 7.41. The minimum absolute atomic E-state index is 0.0618. The smallest absolute Gasteiger partial charge is 0.191 e. The van der Waals surface area contributed by atoms with E-state index in [0.717, 1.165) is 5.69 Å². The third-order valence-corrected chi connectivity index (χ3v) is 4.56. The Balaban J connectivity index is 1.84. The average Bonchev–Trinajstić information content (AvgIpc) is 3.14. The fourth-order valence-corrected chi connectivity index (χ4v) is 2.58. The summed E-state index contributed by atoms with van der Waals surface area (Å²) in [5, 5.41) is 21.1. The highest BCUT2D eigenvalue weighted by molar-refractivity contribution is 6.42. The zero-order chi connectivity index (χ0) is 20.5. The van der Waals surface area contributed by atoms with E-state index in [-0.39, 0.29) is 13.2 Å². The van der Waals surface area contributed by atoms with E-state index in [0.29, 0.717) is 46.5 Å². The van der Waals surface area contributed by atoms with Gasteiger partial charge in [-0.15, -0.1) is 0 Å². The third-order valence-electron chi connectivity index (χ3n) is 3.76. The van der Waals surface area contributed by atoms with E-state index in [1.807, 2.05) is 13.0 Å². The number of aromatic nitrogens is 1. The normalized spacial score (nSPS) is 12.9. The SMILES string of the molecule is CCNC(=NCc1cc(C(C)C)no1)NCC(O)COc1cccc(Cl)c1Cl. The molecule has 7 nitrogen and oxygen atoms in total. The van der Waals surface area contributed by atoms with Gasteiger partial charge in [-0.1, -0.05) is 48.3 Å². The van der Waals surface area contributed by atoms with Crippen LogP contribution in [0, 0.1) is 0 Å². The van der Waals surface area contributed by atoms with Gasteiger partial charge in [-0.25, -0.2) is 4.99 Å². The van der Waals surface area contributed by atoms with Crippen molar-refractivity contribution in [1.29, 1.82) is 0 Å². The maximum Gasteiger partial charge on any atom is 0.191 e. The molecule has 0 spiro atoms. The predicted octanol–water partition coefficient (Wildman–Crippen LogP) is 3.60. The quantitative estimate of drug-likeness (QED) is 0.417. The van der Waals surface area contributed by atoms with Gasteiger partial charge in [0.15, 0.2) is 11.7 Å². The topological polar surface area (TPSA) is 91.9 Å². The van der Waals surface area contributed by atoms with Gasteiger partial charge in [0.2, 0.25) is 0 Å². The molecule has 0 aliphatic carbocycles. The molecule has 28 heavy (non-hydrogen) atoms. The van der Waals surface area contributed by atoms with Gasteiger partial charge in [0.25, 0.3) is 0 Å². The maximum atomic E-state index is 10.2. The Bertz CT molecular complexity index is 780. The molecule has 3 N–H and O–H groups in total. The van der Waals surface area contributed by atoms with Crippen molar-refractivity contribution < 1.29 is 14.4 Å². The van der Waals surface area contributed by atoms with E-state index in [1.165, 1.54) is 0 Å². The van der Waals surface area contributed by atoms with Gasteiger partial charge in [0.05, 0.1) is 10.7 Å². The Kier molecular flexibility index (Phi) is 8.89. The van der Waals surface area contributed by atoms with Crippen LogP contribution in [-0.2, 0) is 6.54 Å². The molecule has 0 aliphatic rings. The third kappa shape index (κ3) is 6.89. The highest BCUT2D eigenvalue weighted by Crippen LogP contribution is 2.31. The summed E-state index contributed by atoms with van der Waals surface area (Å²) in [5.74, 6) is 1.97. The number of nitrogens with zero attached hydrogens (tertiary/aromatic N) is 2. The number of ether oxygens (including phenoxy) is 1. The second-order valence-electron chi connectivity index (χ2n) is 6.47. The Morgan fingerprint density at radius 2 is 2.11 bits per heavy atom. The molecule has 1 unspecified atom stereocenters. The lowest BCUT2D eigenvalue weighted by molar-refractivity contribution is 0.110. The lowest BCUT2D eigenvalue weighted by Gasteiger charge is -2.16. The van der Waals surface area contributed by atoms with E-state index in [9.17, 15) is 5.11 Å². The molecule has 0 saturated heterocycles. The van der Waals surface area contributed by atoms with E-state index >= 15 is 0 Å². The number of halogens is 2. The van der Waals surface area contributed by atoms with Crippen molar-refractivity contribution in [3.8, 4) is 5.75 Å². The number of guanidine groups is 1. The summed E-state index contributed by atoms with van der Waals surface area (Å²) in [4.78, 5) is 4.44. The van der Waals surface area contributed by atoms with Crippen molar-refractivity contribution in [2.45, 2.75) is 39.3 Å². The van der Waals surface area contributed by atoms with Gasteiger partial charge < -0.3 is 25.0 Å². The first-order chi connectivity index (χ1) is 13.4. The maximum absolute atomic E-state index is 10.2. The van der Waals surface area contributed by atoms with Crippen molar-refractivity contribution in [2.24, 2.45) is 4.99 Å². The Labute approximate surface area is 175 Å². The predicted molar refractivity (Wildman–Crippen MR) is 111 cm³/mol.